The third-order valence-corrected chi connectivity index (χ3v) is 3.32. The summed E-state index contributed by atoms with van der Waals surface area (Å²) in [5.41, 5.74) is 3.20. The zero-order valence-electron chi connectivity index (χ0n) is 12.4. The van der Waals surface area contributed by atoms with E-state index in [1.54, 1.807) is 7.11 Å². The quantitative estimate of drug-likeness (QED) is 0.755. The van der Waals surface area contributed by atoms with Crippen LogP contribution in [0.4, 0.5) is 0 Å². The van der Waals surface area contributed by atoms with Crippen LogP contribution in [0.1, 0.15) is 18.1 Å². The molecule has 1 N–H and O–H groups in total. The maximum atomic E-state index is 10.1. The highest BCUT2D eigenvalue weighted by Gasteiger charge is 2.07. The Kier molecular flexibility index (Phi) is 6.41. The van der Waals surface area contributed by atoms with Crippen LogP contribution in [0.25, 0.3) is 11.1 Å². The van der Waals surface area contributed by atoms with Crippen LogP contribution in [-0.2, 0) is 9.47 Å². The van der Waals surface area contributed by atoms with Gasteiger partial charge in [0.15, 0.2) is 0 Å². The first-order valence-electron chi connectivity index (χ1n) is 7.21. The van der Waals surface area contributed by atoms with Crippen molar-refractivity contribution in [1.82, 2.24) is 0 Å². The van der Waals surface area contributed by atoms with Gasteiger partial charge in [0, 0.05) is 20.3 Å². The predicted octanol–water partition coefficient (Wildman–Crippen LogP) is 3.44. The molecule has 0 aliphatic carbocycles. The van der Waals surface area contributed by atoms with E-state index >= 15 is 0 Å². The lowest BCUT2D eigenvalue weighted by atomic mass is 10.0. The number of aliphatic hydroxyl groups is 1. The number of hydrogen-bond donors (Lipinski definition) is 1. The van der Waals surface area contributed by atoms with Gasteiger partial charge in [-0.25, -0.2) is 0 Å². The number of hydrogen-bond acceptors (Lipinski definition) is 3. The van der Waals surface area contributed by atoms with Crippen LogP contribution in [0.5, 0.6) is 0 Å². The highest BCUT2D eigenvalue weighted by Crippen LogP contribution is 2.21. The highest BCUT2D eigenvalue weighted by molar-refractivity contribution is 5.63. The molecule has 21 heavy (non-hydrogen) atoms. The van der Waals surface area contributed by atoms with Gasteiger partial charge in [0.05, 0.1) is 6.61 Å². The minimum atomic E-state index is -0.586. The number of aliphatic hydroxyl groups excluding tert-OH is 1. The van der Waals surface area contributed by atoms with Crippen molar-refractivity contribution in [3.63, 3.8) is 0 Å². The van der Waals surface area contributed by atoms with Gasteiger partial charge >= 0.3 is 0 Å². The molecule has 0 aliphatic heterocycles. The Hall–Kier alpha value is -1.68. The van der Waals surface area contributed by atoms with Crippen molar-refractivity contribution in [1.29, 1.82) is 0 Å². The Morgan fingerprint density at radius 2 is 1.57 bits per heavy atom. The number of methoxy groups -OCH3 is 1. The first kappa shape index (κ1) is 15.7. The first-order valence-corrected chi connectivity index (χ1v) is 7.21. The summed E-state index contributed by atoms with van der Waals surface area (Å²) in [6.07, 6.45) is 0.258. The van der Waals surface area contributed by atoms with Crippen LogP contribution in [-0.4, -0.2) is 32.0 Å². The molecule has 0 heterocycles. The van der Waals surface area contributed by atoms with Crippen LogP contribution in [0.15, 0.2) is 54.6 Å². The molecule has 0 aliphatic rings. The summed E-state index contributed by atoms with van der Waals surface area (Å²) in [6.45, 7) is 1.60. The monoisotopic (exact) mass is 286 g/mol. The zero-order chi connectivity index (χ0) is 14.9. The van der Waals surface area contributed by atoms with Gasteiger partial charge in [0.1, 0.15) is 6.10 Å². The molecule has 2 rings (SSSR count). The molecule has 0 bridgehead atoms. The summed E-state index contributed by atoms with van der Waals surface area (Å²) >= 11 is 0. The van der Waals surface area contributed by atoms with Crippen molar-refractivity contribution >= 4 is 0 Å². The van der Waals surface area contributed by atoms with Gasteiger partial charge in [-0.15, -0.1) is 0 Å². The molecule has 1 unspecified atom stereocenters. The normalized spacial score (nSPS) is 12.3. The van der Waals surface area contributed by atoms with Gasteiger partial charge < -0.3 is 14.6 Å². The van der Waals surface area contributed by atoms with Crippen molar-refractivity contribution in [3.8, 4) is 11.1 Å². The Balaban J connectivity index is 1.87. The second-order valence-electron chi connectivity index (χ2n) is 4.93. The van der Waals surface area contributed by atoms with E-state index in [0.717, 1.165) is 17.5 Å². The van der Waals surface area contributed by atoms with Crippen molar-refractivity contribution in [2.75, 3.05) is 26.9 Å². The van der Waals surface area contributed by atoms with Gasteiger partial charge in [0.2, 0.25) is 0 Å². The molecule has 0 saturated carbocycles. The minimum absolute atomic E-state index is 0.314. The summed E-state index contributed by atoms with van der Waals surface area (Å²) in [5.74, 6) is 0. The molecule has 0 spiro atoms. The minimum Gasteiger partial charge on any atom is -0.386 e. The second-order valence-corrected chi connectivity index (χ2v) is 4.93. The average Bonchev–Trinajstić information content (AvgIpc) is 2.55. The van der Waals surface area contributed by atoms with E-state index < -0.39 is 6.10 Å². The second kappa shape index (κ2) is 8.57. The molecule has 2 aromatic rings. The summed E-state index contributed by atoms with van der Waals surface area (Å²) in [5, 5.41) is 10.1. The molecule has 3 nitrogen and oxygen atoms in total. The largest absolute Gasteiger partial charge is 0.386 e. The summed E-state index contributed by atoms with van der Waals surface area (Å²) in [6, 6.07) is 18.1. The number of rotatable bonds is 8. The van der Waals surface area contributed by atoms with Crippen LogP contribution in [0.3, 0.4) is 0 Å². The Morgan fingerprint density at radius 3 is 2.24 bits per heavy atom. The molecule has 0 saturated heterocycles. The van der Waals surface area contributed by atoms with E-state index in [-0.39, 0.29) is 0 Å². The number of benzene rings is 2. The van der Waals surface area contributed by atoms with Crippen molar-refractivity contribution in [3.05, 3.63) is 60.2 Å². The summed E-state index contributed by atoms with van der Waals surface area (Å²) in [7, 11) is 1.67. The summed E-state index contributed by atoms with van der Waals surface area (Å²) < 4.78 is 10.4. The molecule has 0 fully saturated rings. The molecule has 0 radical (unpaired) electrons. The Bertz CT molecular complexity index is 508. The van der Waals surface area contributed by atoms with Crippen LogP contribution in [0.2, 0.25) is 0 Å². The molecule has 0 amide bonds. The molecular weight excluding hydrogens is 264 g/mol. The third kappa shape index (κ3) is 4.97. The molecular formula is C18H22O3. The SMILES string of the molecule is COCCCOCC(O)c1ccc(-c2ccccc2)cc1. The van der Waals surface area contributed by atoms with Crippen molar-refractivity contribution in [2.24, 2.45) is 0 Å². The van der Waals surface area contributed by atoms with E-state index in [2.05, 4.69) is 12.1 Å². The predicted molar refractivity (Wildman–Crippen MR) is 84.1 cm³/mol. The molecule has 2 aromatic carbocycles. The summed E-state index contributed by atoms with van der Waals surface area (Å²) in [4.78, 5) is 0. The fourth-order valence-corrected chi connectivity index (χ4v) is 2.12. The standard InChI is InChI=1S/C18H22O3/c1-20-12-5-13-21-14-18(19)17-10-8-16(9-11-17)15-6-3-2-4-7-15/h2-4,6-11,18-19H,5,12-14H2,1H3. The van der Waals surface area contributed by atoms with E-state index in [1.807, 2.05) is 42.5 Å². The van der Waals surface area contributed by atoms with E-state index in [0.29, 0.717) is 19.8 Å². The van der Waals surface area contributed by atoms with Gasteiger partial charge in [-0.3, -0.25) is 0 Å². The Morgan fingerprint density at radius 1 is 0.905 bits per heavy atom. The third-order valence-electron chi connectivity index (χ3n) is 3.32. The Labute approximate surface area is 126 Å². The van der Waals surface area contributed by atoms with Gasteiger partial charge in [-0.2, -0.15) is 0 Å². The van der Waals surface area contributed by atoms with Crippen molar-refractivity contribution in [2.45, 2.75) is 12.5 Å². The molecule has 1 atom stereocenters. The first-order chi connectivity index (χ1) is 10.3. The molecule has 3 heteroatoms. The lowest BCUT2D eigenvalue weighted by molar-refractivity contribution is 0.0279. The van der Waals surface area contributed by atoms with Gasteiger partial charge in [-0.1, -0.05) is 54.6 Å². The van der Waals surface area contributed by atoms with Crippen molar-refractivity contribution < 1.29 is 14.6 Å². The van der Waals surface area contributed by atoms with E-state index in [9.17, 15) is 5.11 Å². The zero-order valence-corrected chi connectivity index (χ0v) is 12.4. The lowest BCUT2D eigenvalue weighted by Gasteiger charge is -2.12. The van der Waals surface area contributed by atoms with Crippen LogP contribution in [0, 0.1) is 0 Å². The topological polar surface area (TPSA) is 38.7 Å². The maximum Gasteiger partial charge on any atom is 0.102 e. The highest BCUT2D eigenvalue weighted by atomic mass is 16.5. The van der Waals surface area contributed by atoms with Crippen LogP contribution >= 0.6 is 0 Å². The van der Waals surface area contributed by atoms with Crippen LogP contribution < -0.4 is 0 Å². The maximum absolute atomic E-state index is 10.1. The average molecular weight is 286 g/mol. The molecule has 0 aromatic heterocycles. The molecule has 112 valence electrons. The fraction of sp³-hybridized carbons (Fsp3) is 0.333. The lowest BCUT2D eigenvalue weighted by Crippen LogP contribution is -2.09. The van der Waals surface area contributed by atoms with E-state index in [1.165, 1.54) is 5.56 Å². The smallest absolute Gasteiger partial charge is 0.102 e. The van der Waals surface area contributed by atoms with Gasteiger partial charge in [-0.05, 0) is 23.1 Å². The fourth-order valence-electron chi connectivity index (χ4n) is 2.12. The van der Waals surface area contributed by atoms with Gasteiger partial charge in [0.25, 0.3) is 0 Å². The van der Waals surface area contributed by atoms with E-state index in [4.69, 9.17) is 9.47 Å². The number of ether oxygens (including phenoxy) is 2.